The standard InChI is InChI=1S/C18H17ClN6OS/c1-2-25-17(13-6-8-14(19)9-7-13)23-24-18(25)27-12-16(26)22-21-11-15-5-3-4-10-20-15/h3-11H,2,12H2,1H3,(H,22,26)/b21-11-. The molecule has 0 unspecified atom stereocenters. The van der Waals surface area contributed by atoms with Crippen molar-refractivity contribution in [2.75, 3.05) is 5.75 Å². The van der Waals surface area contributed by atoms with Crippen molar-refractivity contribution in [2.24, 2.45) is 5.10 Å². The molecule has 0 radical (unpaired) electrons. The lowest BCUT2D eigenvalue weighted by Crippen LogP contribution is -2.20. The Labute approximate surface area is 165 Å². The summed E-state index contributed by atoms with van der Waals surface area (Å²) >= 11 is 7.24. The Morgan fingerprint density at radius 1 is 1.26 bits per heavy atom. The van der Waals surface area contributed by atoms with Crippen LogP contribution in [0.5, 0.6) is 0 Å². The molecule has 1 amide bonds. The smallest absolute Gasteiger partial charge is 0.250 e. The third-order valence-electron chi connectivity index (χ3n) is 3.54. The number of nitrogens with one attached hydrogen (secondary N) is 1. The molecule has 7 nitrogen and oxygen atoms in total. The van der Waals surface area contributed by atoms with Crippen LogP contribution < -0.4 is 5.43 Å². The molecule has 0 aliphatic carbocycles. The molecule has 0 saturated heterocycles. The van der Waals surface area contributed by atoms with E-state index in [-0.39, 0.29) is 11.7 Å². The third kappa shape index (κ3) is 5.15. The maximum Gasteiger partial charge on any atom is 0.250 e. The first-order chi connectivity index (χ1) is 13.2. The van der Waals surface area contributed by atoms with Crippen molar-refractivity contribution in [2.45, 2.75) is 18.6 Å². The van der Waals surface area contributed by atoms with Gasteiger partial charge in [-0.1, -0.05) is 29.4 Å². The van der Waals surface area contributed by atoms with Crippen molar-refractivity contribution in [1.82, 2.24) is 25.2 Å². The number of aromatic nitrogens is 4. The van der Waals surface area contributed by atoms with Gasteiger partial charge in [0.2, 0.25) is 0 Å². The maximum absolute atomic E-state index is 12.0. The number of carbonyl (C=O) groups is 1. The second kappa shape index (κ2) is 9.29. The minimum atomic E-state index is -0.231. The van der Waals surface area contributed by atoms with Crippen LogP contribution in [0.4, 0.5) is 0 Å². The molecule has 0 saturated carbocycles. The fourth-order valence-corrected chi connectivity index (χ4v) is 3.20. The second-order valence-electron chi connectivity index (χ2n) is 5.39. The Balaban J connectivity index is 1.60. The fraction of sp³-hybridized carbons (Fsp3) is 0.167. The van der Waals surface area contributed by atoms with Crippen LogP contribution >= 0.6 is 23.4 Å². The van der Waals surface area contributed by atoms with E-state index in [1.54, 1.807) is 12.3 Å². The Kier molecular flexibility index (Phi) is 6.56. The second-order valence-corrected chi connectivity index (χ2v) is 6.77. The van der Waals surface area contributed by atoms with Crippen LogP contribution in [0.1, 0.15) is 12.6 Å². The summed E-state index contributed by atoms with van der Waals surface area (Å²) in [7, 11) is 0. The number of pyridine rings is 1. The molecule has 0 bridgehead atoms. The minimum absolute atomic E-state index is 0.179. The van der Waals surface area contributed by atoms with E-state index in [0.717, 1.165) is 11.4 Å². The molecule has 1 aromatic carbocycles. The zero-order chi connectivity index (χ0) is 19.1. The summed E-state index contributed by atoms with van der Waals surface area (Å²) in [6.45, 7) is 2.69. The molecular weight excluding hydrogens is 384 g/mol. The topological polar surface area (TPSA) is 85.1 Å². The van der Waals surface area contributed by atoms with E-state index in [1.165, 1.54) is 18.0 Å². The van der Waals surface area contributed by atoms with Gasteiger partial charge in [-0.25, -0.2) is 5.43 Å². The lowest BCUT2D eigenvalue weighted by Gasteiger charge is -2.07. The van der Waals surface area contributed by atoms with Crippen LogP contribution in [-0.4, -0.2) is 37.6 Å². The van der Waals surface area contributed by atoms with Crippen molar-refractivity contribution < 1.29 is 4.79 Å². The fourth-order valence-electron chi connectivity index (χ4n) is 2.28. The van der Waals surface area contributed by atoms with Gasteiger partial charge in [-0.05, 0) is 43.3 Å². The summed E-state index contributed by atoms with van der Waals surface area (Å²) in [6.07, 6.45) is 3.16. The largest absolute Gasteiger partial charge is 0.302 e. The monoisotopic (exact) mass is 400 g/mol. The first-order valence-electron chi connectivity index (χ1n) is 8.22. The van der Waals surface area contributed by atoms with Crippen LogP contribution in [0.2, 0.25) is 5.02 Å². The van der Waals surface area contributed by atoms with Crippen LogP contribution in [0.25, 0.3) is 11.4 Å². The van der Waals surface area contributed by atoms with Gasteiger partial charge in [0.25, 0.3) is 5.91 Å². The van der Waals surface area contributed by atoms with E-state index in [4.69, 9.17) is 11.6 Å². The number of amides is 1. The Morgan fingerprint density at radius 2 is 2.07 bits per heavy atom. The first-order valence-corrected chi connectivity index (χ1v) is 9.58. The van der Waals surface area contributed by atoms with Gasteiger partial charge in [-0.2, -0.15) is 5.10 Å². The quantitative estimate of drug-likeness (QED) is 0.374. The average molecular weight is 401 g/mol. The van der Waals surface area contributed by atoms with E-state index in [2.05, 4.69) is 25.7 Å². The molecule has 27 heavy (non-hydrogen) atoms. The highest BCUT2D eigenvalue weighted by molar-refractivity contribution is 7.99. The molecule has 0 fully saturated rings. The van der Waals surface area contributed by atoms with E-state index in [0.29, 0.717) is 22.4 Å². The number of benzene rings is 1. The Hall–Kier alpha value is -2.71. The molecule has 9 heteroatoms. The predicted molar refractivity (Wildman–Crippen MR) is 107 cm³/mol. The number of halogens is 1. The predicted octanol–water partition coefficient (Wildman–Crippen LogP) is 3.26. The molecule has 0 aliphatic heterocycles. The first kappa shape index (κ1) is 19.1. The third-order valence-corrected chi connectivity index (χ3v) is 4.76. The van der Waals surface area contributed by atoms with Crippen molar-refractivity contribution in [3.05, 3.63) is 59.4 Å². The van der Waals surface area contributed by atoms with Crippen LogP contribution in [-0.2, 0) is 11.3 Å². The maximum atomic E-state index is 12.0. The van der Waals surface area contributed by atoms with Crippen molar-refractivity contribution in [3.8, 4) is 11.4 Å². The molecule has 1 N–H and O–H groups in total. The molecule has 2 heterocycles. The number of rotatable bonds is 7. The summed E-state index contributed by atoms with van der Waals surface area (Å²) < 4.78 is 1.96. The summed E-state index contributed by atoms with van der Waals surface area (Å²) in [4.78, 5) is 16.1. The van der Waals surface area contributed by atoms with Crippen LogP contribution in [0.3, 0.4) is 0 Å². The highest BCUT2D eigenvalue weighted by atomic mass is 35.5. The molecular formula is C18H17ClN6OS. The number of thioether (sulfide) groups is 1. The van der Waals surface area contributed by atoms with Crippen molar-refractivity contribution in [1.29, 1.82) is 0 Å². The van der Waals surface area contributed by atoms with E-state index >= 15 is 0 Å². The number of carbonyl (C=O) groups excluding carboxylic acids is 1. The van der Waals surface area contributed by atoms with Crippen molar-refractivity contribution in [3.63, 3.8) is 0 Å². The van der Waals surface area contributed by atoms with Gasteiger partial charge in [-0.15, -0.1) is 10.2 Å². The molecule has 0 aliphatic rings. The van der Waals surface area contributed by atoms with E-state index < -0.39 is 0 Å². The molecule has 0 spiro atoms. The van der Waals surface area contributed by atoms with Gasteiger partial charge >= 0.3 is 0 Å². The summed E-state index contributed by atoms with van der Waals surface area (Å²) in [5, 5.41) is 13.7. The summed E-state index contributed by atoms with van der Waals surface area (Å²) in [6, 6.07) is 12.9. The SMILES string of the molecule is CCn1c(SCC(=O)N/N=C\c2ccccn2)nnc1-c1ccc(Cl)cc1. The van der Waals surface area contributed by atoms with E-state index in [9.17, 15) is 4.79 Å². The number of nitrogens with zero attached hydrogens (tertiary/aromatic N) is 5. The normalized spacial score (nSPS) is 11.0. The van der Waals surface area contributed by atoms with Gasteiger partial charge in [0, 0.05) is 23.3 Å². The van der Waals surface area contributed by atoms with Crippen molar-refractivity contribution >= 4 is 35.5 Å². The molecule has 2 aromatic heterocycles. The van der Waals surface area contributed by atoms with Crippen LogP contribution in [0, 0.1) is 0 Å². The summed E-state index contributed by atoms with van der Waals surface area (Å²) in [5.41, 5.74) is 4.07. The van der Waals surface area contributed by atoms with Crippen LogP contribution in [0.15, 0.2) is 58.9 Å². The van der Waals surface area contributed by atoms with Gasteiger partial charge in [0.05, 0.1) is 17.7 Å². The molecule has 3 rings (SSSR count). The average Bonchev–Trinajstić information content (AvgIpc) is 3.10. The van der Waals surface area contributed by atoms with Gasteiger partial charge < -0.3 is 4.57 Å². The minimum Gasteiger partial charge on any atom is -0.302 e. The highest BCUT2D eigenvalue weighted by Gasteiger charge is 2.14. The van der Waals surface area contributed by atoms with E-state index in [1.807, 2.05) is 47.9 Å². The molecule has 0 atom stereocenters. The number of hydrazone groups is 1. The zero-order valence-corrected chi connectivity index (χ0v) is 16.1. The molecule has 138 valence electrons. The lowest BCUT2D eigenvalue weighted by molar-refractivity contribution is -0.118. The Morgan fingerprint density at radius 3 is 2.78 bits per heavy atom. The van der Waals surface area contributed by atoms with Gasteiger partial charge in [0.15, 0.2) is 11.0 Å². The lowest BCUT2D eigenvalue weighted by atomic mass is 10.2. The number of hydrogen-bond donors (Lipinski definition) is 1. The molecule has 3 aromatic rings. The number of hydrogen-bond acceptors (Lipinski definition) is 6. The van der Waals surface area contributed by atoms with Gasteiger partial charge in [0.1, 0.15) is 0 Å². The van der Waals surface area contributed by atoms with Gasteiger partial charge in [-0.3, -0.25) is 9.78 Å². The summed E-state index contributed by atoms with van der Waals surface area (Å²) in [5.74, 6) is 0.689. The highest BCUT2D eigenvalue weighted by Crippen LogP contribution is 2.24. The Bertz CT molecular complexity index is 927. The zero-order valence-electron chi connectivity index (χ0n) is 14.5.